The number of aromatic hydroxyl groups is 1. The molecule has 0 radical (unpaired) electrons. The number of rotatable bonds is 7. The Morgan fingerprint density at radius 1 is 1.20 bits per heavy atom. The number of aromatic nitrogens is 2. The lowest BCUT2D eigenvalue weighted by Crippen LogP contribution is -2.37. The second-order valence-corrected chi connectivity index (χ2v) is 7.57. The molecule has 1 unspecified atom stereocenters. The first-order chi connectivity index (χ1) is 14.6. The normalized spacial score (nSPS) is 16.1. The number of benzene rings is 2. The van der Waals surface area contributed by atoms with E-state index in [2.05, 4.69) is 9.97 Å². The van der Waals surface area contributed by atoms with Crippen LogP contribution in [-0.4, -0.2) is 45.1 Å². The highest BCUT2D eigenvalue weighted by Crippen LogP contribution is 2.21. The molecule has 2 aromatic carbocycles. The van der Waals surface area contributed by atoms with Gasteiger partial charge in [0.25, 0.3) is 5.56 Å². The molecule has 0 bridgehead atoms. The fourth-order valence-electron chi connectivity index (χ4n) is 3.78. The first-order valence-corrected chi connectivity index (χ1v) is 10.2. The van der Waals surface area contributed by atoms with Crippen molar-refractivity contribution in [2.24, 2.45) is 0 Å². The van der Waals surface area contributed by atoms with Gasteiger partial charge in [-0.1, -0.05) is 30.3 Å². The SMILES string of the molecule is O=C(CCc1nc2ccccc2c(=O)[nH]1)N(Cc1ccccc1O)CC1CCCO1. The number of carbonyl (C=O) groups is 1. The fourth-order valence-corrected chi connectivity index (χ4v) is 3.78. The highest BCUT2D eigenvalue weighted by Gasteiger charge is 2.23. The number of para-hydroxylation sites is 2. The van der Waals surface area contributed by atoms with Crippen molar-refractivity contribution in [2.45, 2.75) is 38.3 Å². The molecule has 3 aromatic rings. The molecule has 1 amide bonds. The van der Waals surface area contributed by atoms with E-state index in [1.165, 1.54) is 0 Å². The molecular formula is C23H25N3O4. The number of aryl methyl sites for hydroxylation is 1. The summed E-state index contributed by atoms with van der Waals surface area (Å²) in [5.41, 5.74) is 1.11. The summed E-state index contributed by atoms with van der Waals surface area (Å²) in [6, 6.07) is 14.2. The molecule has 2 heterocycles. The molecule has 4 rings (SSSR count). The molecule has 7 heteroatoms. The van der Waals surface area contributed by atoms with Crippen molar-refractivity contribution in [2.75, 3.05) is 13.2 Å². The van der Waals surface area contributed by atoms with Crippen LogP contribution in [-0.2, 0) is 22.5 Å². The van der Waals surface area contributed by atoms with Crippen LogP contribution in [0.15, 0.2) is 53.3 Å². The number of H-pyrrole nitrogens is 1. The number of carbonyl (C=O) groups excluding carboxylic acids is 1. The molecule has 2 N–H and O–H groups in total. The van der Waals surface area contributed by atoms with Crippen LogP contribution in [0.4, 0.5) is 0 Å². The molecule has 1 fully saturated rings. The third kappa shape index (κ3) is 4.68. The highest BCUT2D eigenvalue weighted by molar-refractivity contribution is 5.78. The number of phenolic OH excluding ortho intramolecular Hbond substituents is 1. The summed E-state index contributed by atoms with van der Waals surface area (Å²) in [6.07, 6.45) is 2.47. The highest BCUT2D eigenvalue weighted by atomic mass is 16.5. The van der Waals surface area contributed by atoms with E-state index >= 15 is 0 Å². The minimum atomic E-state index is -0.200. The summed E-state index contributed by atoms with van der Waals surface area (Å²) in [5.74, 6) is 0.597. The minimum Gasteiger partial charge on any atom is -0.508 e. The second kappa shape index (κ2) is 9.09. The van der Waals surface area contributed by atoms with Crippen LogP contribution in [0.3, 0.4) is 0 Å². The van der Waals surface area contributed by atoms with Gasteiger partial charge in [-0.25, -0.2) is 4.98 Å². The van der Waals surface area contributed by atoms with Crippen LogP contribution >= 0.6 is 0 Å². The van der Waals surface area contributed by atoms with E-state index in [4.69, 9.17) is 4.74 Å². The fraction of sp³-hybridized carbons (Fsp3) is 0.348. The molecule has 0 spiro atoms. The molecule has 1 aliphatic rings. The van der Waals surface area contributed by atoms with E-state index in [-0.39, 0.29) is 29.7 Å². The first-order valence-electron chi connectivity index (χ1n) is 10.2. The largest absolute Gasteiger partial charge is 0.508 e. The lowest BCUT2D eigenvalue weighted by atomic mass is 10.1. The number of nitrogens with one attached hydrogen (secondary N) is 1. The molecular weight excluding hydrogens is 382 g/mol. The summed E-state index contributed by atoms with van der Waals surface area (Å²) in [4.78, 5) is 34.3. The van der Waals surface area contributed by atoms with Gasteiger partial charge in [0.2, 0.25) is 5.91 Å². The van der Waals surface area contributed by atoms with Crippen molar-refractivity contribution in [3.63, 3.8) is 0 Å². The zero-order valence-corrected chi connectivity index (χ0v) is 16.7. The number of phenols is 1. The van der Waals surface area contributed by atoms with Gasteiger partial charge in [-0.3, -0.25) is 9.59 Å². The Hall–Kier alpha value is -3.19. The van der Waals surface area contributed by atoms with Gasteiger partial charge in [-0.05, 0) is 31.0 Å². The van der Waals surface area contributed by atoms with Crippen LogP contribution in [0.2, 0.25) is 0 Å². The van der Waals surface area contributed by atoms with Crippen LogP contribution < -0.4 is 5.56 Å². The van der Waals surface area contributed by atoms with Crippen molar-refractivity contribution in [3.05, 3.63) is 70.3 Å². The quantitative estimate of drug-likeness (QED) is 0.628. The van der Waals surface area contributed by atoms with Gasteiger partial charge in [-0.15, -0.1) is 0 Å². The summed E-state index contributed by atoms with van der Waals surface area (Å²) in [6.45, 7) is 1.51. The first kappa shape index (κ1) is 20.1. The Kier molecular flexibility index (Phi) is 6.09. The van der Waals surface area contributed by atoms with Crippen LogP contribution in [0.25, 0.3) is 10.9 Å². The number of fused-ring (bicyclic) bond motifs is 1. The summed E-state index contributed by atoms with van der Waals surface area (Å²) >= 11 is 0. The molecule has 156 valence electrons. The third-order valence-corrected chi connectivity index (χ3v) is 5.39. The number of aromatic amines is 1. The van der Waals surface area contributed by atoms with Crippen LogP contribution in [0.5, 0.6) is 5.75 Å². The maximum atomic E-state index is 13.0. The van der Waals surface area contributed by atoms with Gasteiger partial charge in [0, 0.05) is 38.1 Å². The number of nitrogens with zero attached hydrogens (tertiary/aromatic N) is 2. The second-order valence-electron chi connectivity index (χ2n) is 7.57. The van der Waals surface area contributed by atoms with E-state index < -0.39 is 0 Å². The zero-order valence-electron chi connectivity index (χ0n) is 16.7. The molecule has 1 aromatic heterocycles. The minimum absolute atomic E-state index is 0.0124. The lowest BCUT2D eigenvalue weighted by molar-refractivity contribution is -0.133. The van der Waals surface area contributed by atoms with Gasteiger partial charge >= 0.3 is 0 Å². The Balaban J connectivity index is 1.48. The Morgan fingerprint density at radius 3 is 2.80 bits per heavy atom. The van der Waals surface area contributed by atoms with Crippen molar-refractivity contribution in [1.82, 2.24) is 14.9 Å². The van der Waals surface area contributed by atoms with E-state index in [1.807, 2.05) is 18.2 Å². The lowest BCUT2D eigenvalue weighted by Gasteiger charge is -2.26. The molecule has 30 heavy (non-hydrogen) atoms. The summed E-state index contributed by atoms with van der Waals surface area (Å²) in [5, 5.41) is 10.7. The standard InChI is InChI=1S/C23H25N3O4/c27-20-10-4-1-6-16(20)14-26(15-17-7-5-13-30-17)22(28)12-11-21-24-19-9-3-2-8-18(19)23(29)25-21/h1-4,6,8-10,17,27H,5,7,11-15H2,(H,24,25,29). The summed E-state index contributed by atoms with van der Waals surface area (Å²) < 4.78 is 5.71. The number of amides is 1. The van der Waals surface area contributed by atoms with Crippen molar-refractivity contribution < 1.29 is 14.6 Å². The molecule has 1 aliphatic heterocycles. The van der Waals surface area contributed by atoms with Gasteiger partial charge in [0.15, 0.2) is 0 Å². The average Bonchev–Trinajstić information content (AvgIpc) is 3.26. The maximum Gasteiger partial charge on any atom is 0.258 e. The number of ether oxygens (including phenoxy) is 1. The van der Waals surface area contributed by atoms with E-state index in [0.717, 1.165) is 12.8 Å². The Labute approximate surface area is 174 Å². The zero-order chi connectivity index (χ0) is 20.9. The van der Waals surface area contributed by atoms with Crippen LogP contribution in [0, 0.1) is 0 Å². The topological polar surface area (TPSA) is 95.5 Å². The predicted molar refractivity (Wildman–Crippen MR) is 113 cm³/mol. The van der Waals surface area contributed by atoms with Crippen molar-refractivity contribution >= 4 is 16.8 Å². The molecule has 0 saturated carbocycles. The molecule has 1 saturated heterocycles. The monoisotopic (exact) mass is 407 g/mol. The van der Waals surface area contributed by atoms with Crippen molar-refractivity contribution in [1.29, 1.82) is 0 Å². The molecule has 1 atom stereocenters. The van der Waals surface area contributed by atoms with Crippen LogP contribution in [0.1, 0.15) is 30.7 Å². The summed E-state index contributed by atoms with van der Waals surface area (Å²) in [7, 11) is 0. The Bertz CT molecular complexity index is 1090. The maximum absolute atomic E-state index is 13.0. The number of hydrogen-bond donors (Lipinski definition) is 2. The number of hydrogen-bond acceptors (Lipinski definition) is 5. The van der Waals surface area contributed by atoms with Gasteiger partial charge < -0.3 is 19.7 Å². The predicted octanol–water partition coefficient (Wildman–Crippen LogP) is 2.77. The molecule has 0 aliphatic carbocycles. The van der Waals surface area contributed by atoms with Gasteiger partial charge in [0.1, 0.15) is 11.6 Å². The Morgan fingerprint density at radius 2 is 2.00 bits per heavy atom. The van der Waals surface area contributed by atoms with Crippen molar-refractivity contribution in [3.8, 4) is 5.75 Å². The van der Waals surface area contributed by atoms with E-state index in [9.17, 15) is 14.7 Å². The van der Waals surface area contributed by atoms with E-state index in [0.29, 0.717) is 48.4 Å². The average molecular weight is 407 g/mol. The van der Waals surface area contributed by atoms with Gasteiger partial charge in [0.05, 0.1) is 17.0 Å². The molecule has 7 nitrogen and oxygen atoms in total. The van der Waals surface area contributed by atoms with Gasteiger partial charge in [-0.2, -0.15) is 0 Å². The van der Waals surface area contributed by atoms with E-state index in [1.54, 1.807) is 35.2 Å². The smallest absolute Gasteiger partial charge is 0.258 e. The third-order valence-electron chi connectivity index (χ3n) is 5.39.